The summed E-state index contributed by atoms with van der Waals surface area (Å²) in [6, 6.07) is 7.93. The maximum absolute atomic E-state index is 13.5. The van der Waals surface area contributed by atoms with E-state index in [9.17, 15) is 9.18 Å². The number of esters is 1. The van der Waals surface area contributed by atoms with E-state index in [0.717, 1.165) is 24.2 Å². The highest BCUT2D eigenvalue weighted by Gasteiger charge is 2.30. The topological polar surface area (TPSA) is 77.0 Å². The molecular weight excluding hydrogens is 335 g/mol. The van der Waals surface area contributed by atoms with Gasteiger partial charge in [0.15, 0.2) is 0 Å². The van der Waals surface area contributed by atoms with Crippen LogP contribution in [-0.4, -0.2) is 28.0 Å². The molecule has 0 spiro atoms. The lowest BCUT2D eigenvalue weighted by Gasteiger charge is -2.11. The molecule has 0 atom stereocenters. The standard InChI is InChI=1S/C19H17FN4O2/c1-26-19(25)14-6-5-13(24-17(14)11-2-3-11)9-21-18-15-8-12(20)4-7-16(15)22-10-23-18/h4-8,10-11H,2-3,9H2,1H3,(H,21,22,23). The molecule has 0 unspecified atom stereocenters. The van der Waals surface area contributed by atoms with Crippen LogP contribution < -0.4 is 5.32 Å². The van der Waals surface area contributed by atoms with Crippen molar-refractivity contribution in [3.05, 3.63) is 59.4 Å². The Kier molecular flexibility index (Phi) is 4.20. The summed E-state index contributed by atoms with van der Waals surface area (Å²) in [6.07, 6.45) is 3.50. The van der Waals surface area contributed by atoms with Crippen molar-refractivity contribution in [3.8, 4) is 0 Å². The molecular formula is C19H17FN4O2. The van der Waals surface area contributed by atoms with E-state index in [2.05, 4.69) is 20.3 Å². The third-order valence-electron chi connectivity index (χ3n) is 4.39. The van der Waals surface area contributed by atoms with Crippen molar-refractivity contribution < 1.29 is 13.9 Å². The van der Waals surface area contributed by atoms with Gasteiger partial charge in [-0.05, 0) is 43.2 Å². The monoisotopic (exact) mass is 352 g/mol. The van der Waals surface area contributed by atoms with Crippen LogP contribution in [0.5, 0.6) is 0 Å². The molecule has 1 aliphatic rings. The van der Waals surface area contributed by atoms with Crippen LogP contribution in [0.25, 0.3) is 10.9 Å². The number of ether oxygens (including phenoxy) is 1. The van der Waals surface area contributed by atoms with Crippen molar-refractivity contribution in [2.24, 2.45) is 0 Å². The van der Waals surface area contributed by atoms with Gasteiger partial charge in [0.1, 0.15) is 18.0 Å². The minimum absolute atomic E-state index is 0.318. The molecule has 2 heterocycles. The van der Waals surface area contributed by atoms with Crippen LogP contribution in [0.2, 0.25) is 0 Å². The highest BCUT2D eigenvalue weighted by atomic mass is 19.1. The Morgan fingerprint density at radius 2 is 2.12 bits per heavy atom. The van der Waals surface area contributed by atoms with E-state index in [1.54, 1.807) is 18.2 Å². The normalized spacial score (nSPS) is 13.6. The van der Waals surface area contributed by atoms with Crippen molar-refractivity contribution in [1.29, 1.82) is 0 Å². The number of hydrogen-bond acceptors (Lipinski definition) is 6. The van der Waals surface area contributed by atoms with E-state index in [1.165, 1.54) is 25.6 Å². The molecule has 2 aromatic heterocycles. The van der Waals surface area contributed by atoms with Crippen LogP contribution in [0.1, 0.15) is 40.5 Å². The molecule has 0 radical (unpaired) electrons. The van der Waals surface area contributed by atoms with Crippen molar-refractivity contribution in [1.82, 2.24) is 15.0 Å². The lowest BCUT2D eigenvalue weighted by atomic mass is 10.1. The summed E-state index contributed by atoms with van der Waals surface area (Å²) in [4.78, 5) is 24.9. The molecule has 1 aromatic carbocycles. The molecule has 1 N–H and O–H groups in total. The van der Waals surface area contributed by atoms with Crippen LogP contribution in [-0.2, 0) is 11.3 Å². The quantitative estimate of drug-likeness (QED) is 0.709. The first-order chi connectivity index (χ1) is 12.7. The van der Waals surface area contributed by atoms with Gasteiger partial charge in [0, 0.05) is 11.3 Å². The number of methoxy groups -OCH3 is 1. The van der Waals surface area contributed by atoms with E-state index < -0.39 is 0 Å². The first-order valence-electron chi connectivity index (χ1n) is 8.38. The molecule has 7 heteroatoms. The molecule has 0 amide bonds. The summed E-state index contributed by atoms with van der Waals surface area (Å²) in [7, 11) is 1.37. The maximum Gasteiger partial charge on any atom is 0.339 e. The maximum atomic E-state index is 13.5. The number of nitrogens with one attached hydrogen (secondary N) is 1. The molecule has 1 aliphatic carbocycles. The second-order valence-electron chi connectivity index (χ2n) is 6.24. The lowest BCUT2D eigenvalue weighted by molar-refractivity contribution is 0.0598. The molecule has 26 heavy (non-hydrogen) atoms. The minimum atomic E-state index is -0.365. The van der Waals surface area contributed by atoms with Gasteiger partial charge in [-0.25, -0.2) is 19.2 Å². The summed E-state index contributed by atoms with van der Waals surface area (Å²) >= 11 is 0. The fraction of sp³-hybridized carbons (Fsp3) is 0.263. The van der Waals surface area contributed by atoms with Gasteiger partial charge in [-0.1, -0.05) is 0 Å². The van der Waals surface area contributed by atoms with Gasteiger partial charge in [-0.2, -0.15) is 0 Å². The highest BCUT2D eigenvalue weighted by Crippen LogP contribution is 2.40. The second-order valence-corrected chi connectivity index (χ2v) is 6.24. The third kappa shape index (κ3) is 3.20. The Morgan fingerprint density at radius 3 is 2.88 bits per heavy atom. The average molecular weight is 352 g/mol. The summed E-state index contributed by atoms with van der Waals surface area (Å²) in [5.41, 5.74) is 2.75. The average Bonchev–Trinajstić information content (AvgIpc) is 3.50. The number of aromatic nitrogens is 3. The Hall–Kier alpha value is -3.09. The summed E-state index contributed by atoms with van der Waals surface area (Å²) < 4.78 is 18.4. The van der Waals surface area contributed by atoms with Gasteiger partial charge < -0.3 is 10.1 Å². The Morgan fingerprint density at radius 1 is 1.27 bits per heavy atom. The number of pyridine rings is 1. The van der Waals surface area contributed by atoms with Crippen LogP contribution in [0.3, 0.4) is 0 Å². The zero-order chi connectivity index (χ0) is 18.1. The molecule has 6 nitrogen and oxygen atoms in total. The number of halogens is 1. The van der Waals surface area contributed by atoms with Gasteiger partial charge in [-0.3, -0.25) is 4.98 Å². The number of nitrogens with zero attached hydrogens (tertiary/aromatic N) is 3. The Balaban J connectivity index is 1.60. The second kappa shape index (κ2) is 6.67. The molecule has 3 aromatic rings. The van der Waals surface area contributed by atoms with E-state index in [0.29, 0.717) is 34.7 Å². The predicted molar refractivity (Wildman–Crippen MR) is 94.4 cm³/mol. The van der Waals surface area contributed by atoms with Crippen molar-refractivity contribution in [2.75, 3.05) is 12.4 Å². The molecule has 0 bridgehead atoms. The number of carbonyl (C=O) groups excluding carboxylic acids is 1. The minimum Gasteiger partial charge on any atom is -0.465 e. The van der Waals surface area contributed by atoms with Crippen LogP contribution >= 0.6 is 0 Å². The van der Waals surface area contributed by atoms with Gasteiger partial charge >= 0.3 is 5.97 Å². The van der Waals surface area contributed by atoms with Gasteiger partial charge in [-0.15, -0.1) is 0 Å². The number of anilines is 1. The van der Waals surface area contributed by atoms with Gasteiger partial charge in [0.25, 0.3) is 0 Å². The first-order valence-corrected chi connectivity index (χ1v) is 8.38. The van der Waals surface area contributed by atoms with Crippen molar-refractivity contribution in [3.63, 3.8) is 0 Å². The largest absolute Gasteiger partial charge is 0.465 e. The summed E-state index contributed by atoms with van der Waals surface area (Å²) in [6.45, 7) is 0.407. The predicted octanol–water partition coefficient (Wildman–Crippen LogP) is 3.44. The molecule has 1 fully saturated rings. The smallest absolute Gasteiger partial charge is 0.339 e. The van der Waals surface area contributed by atoms with Crippen molar-refractivity contribution >= 4 is 22.7 Å². The SMILES string of the molecule is COC(=O)c1ccc(CNc2ncnc3ccc(F)cc23)nc1C1CC1. The lowest BCUT2D eigenvalue weighted by Crippen LogP contribution is -2.10. The van der Waals surface area contributed by atoms with E-state index >= 15 is 0 Å². The highest BCUT2D eigenvalue weighted by molar-refractivity contribution is 5.91. The fourth-order valence-corrected chi connectivity index (χ4v) is 2.91. The zero-order valence-electron chi connectivity index (χ0n) is 14.2. The van der Waals surface area contributed by atoms with Crippen LogP contribution in [0.4, 0.5) is 10.2 Å². The van der Waals surface area contributed by atoms with Crippen molar-refractivity contribution in [2.45, 2.75) is 25.3 Å². The number of fused-ring (bicyclic) bond motifs is 1. The van der Waals surface area contributed by atoms with E-state index in [-0.39, 0.29) is 11.8 Å². The summed E-state index contributed by atoms with van der Waals surface area (Å²) in [5, 5.41) is 3.80. The van der Waals surface area contributed by atoms with Crippen LogP contribution in [0.15, 0.2) is 36.7 Å². The van der Waals surface area contributed by atoms with Gasteiger partial charge in [0.2, 0.25) is 0 Å². The third-order valence-corrected chi connectivity index (χ3v) is 4.39. The zero-order valence-corrected chi connectivity index (χ0v) is 14.2. The fourth-order valence-electron chi connectivity index (χ4n) is 2.91. The molecule has 0 saturated heterocycles. The number of benzene rings is 1. The molecule has 132 valence electrons. The molecule has 1 saturated carbocycles. The van der Waals surface area contributed by atoms with Crippen LogP contribution in [0, 0.1) is 5.82 Å². The first kappa shape index (κ1) is 16.4. The number of hydrogen-bond donors (Lipinski definition) is 1. The molecule has 0 aliphatic heterocycles. The number of carbonyl (C=O) groups is 1. The van der Waals surface area contributed by atoms with Gasteiger partial charge in [0.05, 0.1) is 36.1 Å². The van der Waals surface area contributed by atoms with E-state index in [1.807, 2.05) is 0 Å². The summed E-state index contributed by atoms with van der Waals surface area (Å²) in [5.74, 6) is 0.155. The molecule has 4 rings (SSSR count). The Bertz CT molecular complexity index is 988. The van der Waals surface area contributed by atoms with E-state index in [4.69, 9.17) is 4.74 Å². The number of rotatable bonds is 5. The Labute approximate surface area is 149 Å².